The molecule has 0 aliphatic heterocycles. The third kappa shape index (κ3) is 4.13. The van der Waals surface area contributed by atoms with Crippen molar-refractivity contribution in [2.45, 2.75) is 19.9 Å². The Morgan fingerprint density at radius 1 is 1.53 bits per heavy atom. The van der Waals surface area contributed by atoms with Gasteiger partial charge >= 0.3 is 12.1 Å². The summed E-state index contributed by atoms with van der Waals surface area (Å²) < 4.78 is 4.81. The van der Waals surface area contributed by atoms with Gasteiger partial charge in [0.05, 0.1) is 11.6 Å². The van der Waals surface area contributed by atoms with E-state index in [1.165, 1.54) is 12.1 Å². The maximum Gasteiger partial charge on any atom is 0.407 e. The van der Waals surface area contributed by atoms with Crippen LogP contribution in [0, 0.1) is 6.92 Å². The summed E-state index contributed by atoms with van der Waals surface area (Å²) in [7, 11) is 0. The Kier molecular flexibility index (Phi) is 5.11. The number of alkyl carbamates (subject to hydrolysis) is 1. The number of ether oxygens (including phenoxy) is 1. The Balaban J connectivity index is 2.75. The highest BCUT2D eigenvalue weighted by Gasteiger charge is 2.13. The topological polar surface area (TPSA) is 75.6 Å². The van der Waals surface area contributed by atoms with Gasteiger partial charge in [0.15, 0.2) is 0 Å². The molecule has 0 heterocycles. The second-order valence-electron chi connectivity index (χ2n) is 4.13. The number of aromatic carboxylic acids is 1. The molecule has 1 amide bonds. The molecule has 5 heteroatoms. The summed E-state index contributed by atoms with van der Waals surface area (Å²) in [5.41, 5.74) is 1.72. The van der Waals surface area contributed by atoms with E-state index in [1.54, 1.807) is 26.0 Å². The van der Waals surface area contributed by atoms with Crippen molar-refractivity contribution in [2.75, 3.05) is 6.61 Å². The Morgan fingerprint density at radius 2 is 2.21 bits per heavy atom. The molecule has 0 saturated carbocycles. The van der Waals surface area contributed by atoms with E-state index in [0.29, 0.717) is 5.56 Å². The van der Waals surface area contributed by atoms with Gasteiger partial charge in [-0.1, -0.05) is 24.8 Å². The molecule has 1 aromatic carbocycles. The van der Waals surface area contributed by atoms with Gasteiger partial charge in [-0.15, -0.1) is 0 Å². The van der Waals surface area contributed by atoms with E-state index in [-0.39, 0.29) is 18.2 Å². The number of aryl methyl sites for hydroxylation is 1. The number of benzene rings is 1. The lowest BCUT2D eigenvalue weighted by molar-refractivity contribution is 0.0696. The Morgan fingerprint density at radius 3 is 2.74 bits per heavy atom. The molecule has 0 saturated heterocycles. The molecule has 5 nitrogen and oxygen atoms in total. The van der Waals surface area contributed by atoms with E-state index >= 15 is 0 Å². The number of amides is 1. The molecule has 19 heavy (non-hydrogen) atoms. The molecule has 0 aliphatic carbocycles. The Labute approximate surface area is 111 Å². The first kappa shape index (κ1) is 14.8. The molecule has 0 spiro atoms. The number of rotatable bonds is 5. The highest BCUT2D eigenvalue weighted by molar-refractivity contribution is 5.89. The van der Waals surface area contributed by atoms with Crippen molar-refractivity contribution < 1.29 is 19.4 Å². The standard InChI is InChI=1S/C14H17NO4/c1-4-7-19-14(18)15-10(3)11-5-6-12(13(16)17)9(2)8-11/h4-6,8,10H,1,7H2,2-3H3,(H,15,18)(H,16,17)/t10-/m1/s1. The maximum absolute atomic E-state index is 11.4. The van der Waals surface area contributed by atoms with Crippen LogP contribution in [-0.2, 0) is 4.74 Å². The predicted octanol–water partition coefficient (Wildman–Crippen LogP) is 2.67. The van der Waals surface area contributed by atoms with Crippen LogP contribution in [0.1, 0.15) is 34.5 Å². The van der Waals surface area contributed by atoms with E-state index in [1.807, 2.05) is 0 Å². The number of carbonyl (C=O) groups is 2. The number of nitrogens with one attached hydrogen (secondary N) is 1. The van der Waals surface area contributed by atoms with Gasteiger partial charge in [-0.25, -0.2) is 9.59 Å². The summed E-state index contributed by atoms with van der Waals surface area (Å²) in [6.07, 6.45) is 0.947. The van der Waals surface area contributed by atoms with Crippen LogP contribution in [0.5, 0.6) is 0 Å². The number of carboxylic acids is 1. The third-order valence-electron chi connectivity index (χ3n) is 2.65. The van der Waals surface area contributed by atoms with Gasteiger partial charge in [-0.2, -0.15) is 0 Å². The molecule has 102 valence electrons. The monoisotopic (exact) mass is 263 g/mol. The van der Waals surface area contributed by atoms with Crippen LogP contribution in [0.25, 0.3) is 0 Å². The van der Waals surface area contributed by atoms with Crippen molar-refractivity contribution in [3.8, 4) is 0 Å². The Hall–Kier alpha value is -2.30. The van der Waals surface area contributed by atoms with E-state index in [0.717, 1.165) is 5.56 Å². The largest absolute Gasteiger partial charge is 0.478 e. The fourth-order valence-electron chi connectivity index (χ4n) is 1.63. The van der Waals surface area contributed by atoms with Gasteiger partial charge in [0.25, 0.3) is 0 Å². The summed E-state index contributed by atoms with van der Waals surface area (Å²) in [6, 6.07) is 4.68. The fraction of sp³-hybridized carbons (Fsp3) is 0.286. The summed E-state index contributed by atoms with van der Waals surface area (Å²) in [5.74, 6) is -0.963. The van der Waals surface area contributed by atoms with Crippen molar-refractivity contribution in [2.24, 2.45) is 0 Å². The first-order valence-corrected chi connectivity index (χ1v) is 5.83. The summed E-state index contributed by atoms with van der Waals surface area (Å²) in [6.45, 7) is 7.11. The highest BCUT2D eigenvalue weighted by atomic mass is 16.5. The fourth-order valence-corrected chi connectivity index (χ4v) is 1.63. The lowest BCUT2D eigenvalue weighted by Crippen LogP contribution is -2.27. The molecule has 2 N–H and O–H groups in total. The summed E-state index contributed by atoms with van der Waals surface area (Å²) >= 11 is 0. The van der Waals surface area contributed by atoms with Crippen LogP contribution in [-0.4, -0.2) is 23.8 Å². The van der Waals surface area contributed by atoms with Crippen molar-refractivity contribution in [3.05, 3.63) is 47.5 Å². The minimum Gasteiger partial charge on any atom is -0.478 e. The maximum atomic E-state index is 11.4. The molecule has 1 aromatic rings. The van der Waals surface area contributed by atoms with Gasteiger partial charge in [-0.05, 0) is 31.0 Å². The lowest BCUT2D eigenvalue weighted by Gasteiger charge is -2.15. The highest BCUT2D eigenvalue weighted by Crippen LogP contribution is 2.17. The van der Waals surface area contributed by atoms with Crippen LogP contribution in [0.2, 0.25) is 0 Å². The molecular weight excluding hydrogens is 246 g/mol. The zero-order valence-electron chi connectivity index (χ0n) is 11.0. The van der Waals surface area contributed by atoms with E-state index in [9.17, 15) is 9.59 Å². The van der Waals surface area contributed by atoms with E-state index in [4.69, 9.17) is 9.84 Å². The molecule has 0 radical (unpaired) electrons. The normalized spacial score (nSPS) is 11.5. The van der Waals surface area contributed by atoms with Crippen LogP contribution in [0.15, 0.2) is 30.9 Å². The number of carbonyl (C=O) groups excluding carboxylic acids is 1. The summed E-state index contributed by atoms with van der Waals surface area (Å²) in [5, 5.41) is 11.6. The number of carboxylic acid groups (broad SMARTS) is 1. The molecule has 0 unspecified atom stereocenters. The average Bonchev–Trinajstić information content (AvgIpc) is 2.35. The van der Waals surface area contributed by atoms with Crippen LogP contribution < -0.4 is 5.32 Å². The molecule has 0 bridgehead atoms. The first-order valence-electron chi connectivity index (χ1n) is 5.83. The molecule has 0 fully saturated rings. The van der Waals surface area contributed by atoms with E-state index < -0.39 is 12.1 Å². The molecular formula is C14H17NO4. The van der Waals surface area contributed by atoms with Gasteiger partial charge < -0.3 is 15.2 Å². The van der Waals surface area contributed by atoms with Gasteiger partial charge in [-0.3, -0.25) is 0 Å². The lowest BCUT2D eigenvalue weighted by atomic mass is 10.0. The zero-order chi connectivity index (χ0) is 14.4. The van der Waals surface area contributed by atoms with Crippen molar-refractivity contribution in [3.63, 3.8) is 0 Å². The van der Waals surface area contributed by atoms with Crippen molar-refractivity contribution in [1.29, 1.82) is 0 Å². The van der Waals surface area contributed by atoms with Gasteiger partial charge in [0, 0.05) is 0 Å². The SMILES string of the molecule is C=CCOC(=O)N[C@H](C)c1ccc(C(=O)O)c(C)c1. The molecule has 0 aromatic heterocycles. The number of hydrogen-bond acceptors (Lipinski definition) is 3. The van der Waals surface area contributed by atoms with Crippen molar-refractivity contribution in [1.82, 2.24) is 5.32 Å². The summed E-state index contributed by atoms with van der Waals surface area (Å²) in [4.78, 5) is 22.3. The average molecular weight is 263 g/mol. The molecule has 1 rings (SSSR count). The predicted molar refractivity (Wildman–Crippen MR) is 71.2 cm³/mol. The molecule has 0 aliphatic rings. The van der Waals surface area contributed by atoms with Crippen LogP contribution in [0.4, 0.5) is 4.79 Å². The smallest absolute Gasteiger partial charge is 0.407 e. The van der Waals surface area contributed by atoms with Crippen LogP contribution >= 0.6 is 0 Å². The minimum absolute atomic E-state index is 0.148. The second kappa shape index (κ2) is 6.58. The Bertz CT molecular complexity index is 496. The minimum atomic E-state index is -0.963. The second-order valence-corrected chi connectivity index (χ2v) is 4.13. The van der Waals surface area contributed by atoms with Crippen molar-refractivity contribution >= 4 is 12.1 Å². The van der Waals surface area contributed by atoms with E-state index in [2.05, 4.69) is 11.9 Å². The molecule has 1 atom stereocenters. The van der Waals surface area contributed by atoms with Gasteiger partial charge in [0.2, 0.25) is 0 Å². The number of hydrogen-bond donors (Lipinski definition) is 2. The van der Waals surface area contributed by atoms with Crippen LogP contribution in [0.3, 0.4) is 0 Å². The quantitative estimate of drug-likeness (QED) is 0.801. The first-order chi connectivity index (χ1) is 8.95. The third-order valence-corrected chi connectivity index (χ3v) is 2.65. The zero-order valence-corrected chi connectivity index (χ0v) is 11.0. The van der Waals surface area contributed by atoms with Gasteiger partial charge in [0.1, 0.15) is 6.61 Å².